The van der Waals surface area contributed by atoms with Crippen LogP contribution in [0.5, 0.6) is 0 Å². The zero-order chi connectivity index (χ0) is 19.7. The van der Waals surface area contributed by atoms with Crippen LogP contribution < -0.4 is 0 Å². The van der Waals surface area contributed by atoms with Gasteiger partial charge in [0.1, 0.15) is 0 Å². The molecule has 0 saturated heterocycles. The minimum absolute atomic E-state index is 0.324. The second-order valence-electron chi connectivity index (χ2n) is 8.22. The van der Waals surface area contributed by atoms with Gasteiger partial charge in [0, 0.05) is 6.42 Å². The number of hydrogen-bond acceptors (Lipinski definition) is 1. The molecule has 0 fully saturated rings. The van der Waals surface area contributed by atoms with Gasteiger partial charge in [-0.3, -0.25) is 4.79 Å². The van der Waals surface area contributed by atoms with E-state index in [4.69, 9.17) is 5.11 Å². The van der Waals surface area contributed by atoms with Crippen molar-refractivity contribution < 1.29 is 9.90 Å². The van der Waals surface area contributed by atoms with Crippen LogP contribution in [0.2, 0.25) is 0 Å². The molecule has 0 heterocycles. The number of benzene rings is 1. The molecule has 2 heteroatoms. The van der Waals surface area contributed by atoms with Crippen molar-refractivity contribution in [2.75, 3.05) is 0 Å². The molecule has 1 N–H and O–H groups in total. The molecule has 0 radical (unpaired) electrons. The van der Waals surface area contributed by atoms with Gasteiger partial charge in [-0.15, -0.1) is 0 Å². The van der Waals surface area contributed by atoms with Crippen molar-refractivity contribution in [1.29, 1.82) is 0 Å². The van der Waals surface area contributed by atoms with Crippen LogP contribution in [0.15, 0.2) is 24.3 Å². The molecule has 0 spiro atoms. The quantitative estimate of drug-likeness (QED) is 0.280. The Kier molecular flexibility index (Phi) is 13.8. The second-order valence-corrected chi connectivity index (χ2v) is 8.22. The Labute approximate surface area is 167 Å². The number of rotatable bonds is 17. The van der Waals surface area contributed by atoms with Crippen molar-refractivity contribution in [3.8, 4) is 0 Å². The minimum atomic E-state index is -0.663. The Morgan fingerprint density at radius 2 is 1.26 bits per heavy atom. The summed E-state index contributed by atoms with van der Waals surface area (Å²) in [6.45, 7) is 4.44. The van der Waals surface area contributed by atoms with E-state index >= 15 is 0 Å². The summed E-state index contributed by atoms with van der Waals surface area (Å²) in [5.41, 5.74) is 2.85. The molecule has 154 valence electrons. The van der Waals surface area contributed by atoms with E-state index in [9.17, 15) is 4.79 Å². The van der Waals surface area contributed by atoms with Crippen LogP contribution >= 0.6 is 0 Å². The fourth-order valence-electron chi connectivity index (χ4n) is 3.86. The van der Waals surface area contributed by atoms with Gasteiger partial charge >= 0.3 is 5.97 Å². The Hall–Kier alpha value is -1.31. The first-order valence-corrected chi connectivity index (χ1v) is 11.4. The monoisotopic (exact) mass is 374 g/mol. The maximum Gasteiger partial charge on any atom is 0.303 e. The standard InChI is InChI=1S/C25H42O2/c1-3-4-5-6-7-9-12-15-23(24-20-18-22(2)19-21-24)16-13-10-8-11-14-17-25(26)27/h18-21,23H,3-17H2,1-2H3,(H,26,27). The lowest BCUT2D eigenvalue weighted by Crippen LogP contribution is -2.00. The van der Waals surface area contributed by atoms with Crippen molar-refractivity contribution in [1.82, 2.24) is 0 Å². The third-order valence-corrected chi connectivity index (χ3v) is 5.65. The van der Waals surface area contributed by atoms with Crippen LogP contribution in [0.25, 0.3) is 0 Å². The number of unbranched alkanes of at least 4 members (excludes halogenated alkanes) is 10. The lowest BCUT2D eigenvalue weighted by Gasteiger charge is -2.18. The third kappa shape index (κ3) is 12.7. The lowest BCUT2D eigenvalue weighted by molar-refractivity contribution is -0.137. The first-order chi connectivity index (χ1) is 13.1. The van der Waals surface area contributed by atoms with E-state index in [1.807, 2.05) is 0 Å². The van der Waals surface area contributed by atoms with Crippen LogP contribution in [0.1, 0.15) is 120 Å². The Balaban J connectivity index is 2.29. The molecule has 0 aromatic heterocycles. The van der Waals surface area contributed by atoms with Gasteiger partial charge in [-0.25, -0.2) is 0 Å². The average Bonchev–Trinajstić information content (AvgIpc) is 2.65. The summed E-state index contributed by atoms with van der Waals surface area (Å²) in [5, 5.41) is 8.70. The highest BCUT2D eigenvalue weighted by Crippen LogP contribution is 2.29. The van der Waals surface area contributed by atoms with Crippen LogP contribution in [0, 0.1) is 6.92 Å². The number of carbonyl (C=O) groups is 1. The Morgan fingerprint density at radius 3 is 1.78 bits per heavy atom. The van der Waals surface area contributed by atoms with E-state index in [2.05, 4.69) is 38.1 Å². The highest BCUT2D eigenvalue weighted by molar-refractivity contribution is 5.66. The lowest BCUT2D eigenvalue weighted by atomic mass is 9.87. The number of carboxylic acids is 1. The van der Waals surface area contributed by atoms with Crippen molar-refractivity contribution >= 4 is 5.97 Å². The summed E-state index contributed by atoms with van der Waals surface area (Å²) in [4.78, 5) is 10.6. The van der Waals surface area contributed by atoms with Gasteiger partial charge in [-0.05, 0) is 37.7 Å². The van der Waals surface area contributed by atoms with Crippen molar-refractivity contribution in [2.45, 2.75) is 116 Å². The molecular weight excluding hydrogens is 332 g/mol. The highest BCUT2D eigenvalue weighted by atomic mass is 16.4. The van der Waals surface area contributed by atoms with E-state index in [1.54, 1.807) is 0 Å². The van der Waals surface area contributed by atoms with Gasteiger partial charge in [0.25, 0.3) is 0 Å². The SMILES string of the molecule is CCCCCCCCCC(CCCCCCCC(=O)O)c1ccc(C)cc1. The number of aryl methyl sites for hydroxylation is 1. The van der Waals surface area contributed by atoms with Gasteiger partial charge in [0.2, 0.25) is 0 Å². The van der Waals surface area contributed by atoms with Gasteiger partial charge < -0.3 is 5.11 Å². The number of carboxylic acid groups (broad SMARTS) is 1. The van der Waals surface area contributed by atoms with Crippen molar-refractivity contribution in [2.24, 2.45) is 0 Å². The summed E-state index contributed by atoms with van der Waals surface area (Å²) >= 11 is 0. The molecular formula is C25H42O2. The van der Waals surface area contributed by atoms with Crippen LogP contribution in [0.3, 0.4) is 0 Å². The summed E-state index contributed by atoms with van der Waals surface area (Å²) in [6.07, 6.45) is 18.1. The molecule has 1 aromatic rings. The predicted octanol–water partition coefficient (Wildman–Crippen LogP) is 8.03. The van der Waals surface area contributed by atoms with Gasteiger partial charge in [0.15, 0.2) is 0 Å². The zero-order valence-electron chi connectivity index (χ0n) is 17.8. The molecule has 2 nitrogen and oxygen atoms in total. The molecule has 0 aliphatic heterocycles. The molecule has 0 amide bonds. The third-order valence-electron chi connectivity index (χ3n) is 5.65. The van der Waals surface area contributed by atoms with Gasteiger partial charge in [0.05, 0.1) is 0 Å². The first kappa shape index (κ1) is 23.7. The van der Waals surface area contributed by atoms with Crippen LogP contribution in [-0.2, 0) is 4.79 Å². The molecule has 1 unspecified atom stereocenters. The predicted molar refractivity (Wildman–Crippen MR) is 116 cm³/mol. The smallest absolute Gasteiger partial charge is 0.303 e. The Bertz CT molecular complexity index is 478. The molecule has 1 aromatic carbocycles. The second kappa shape index (κ2) is 15.7. The van der Waals surface area contributed by atoms with E-state index < -0.39 is 5.97 Å². The first-order valence-electron chi connectivity index (χ1n) is 11.4. The molecule has 27 heavy (non-hydrogen) atoms. The normalized spacial score (nSPS) is 12.2. The number of aliphatic carboxylic acids is 1. The summed E-state index contributed by atoms with van der Waals surface area (Å²) in [5.74, 6) is 0.0318. The van der Waals surface area contributed by atoms with Gasteiger partial charge in [-0.1, -0.05) is 107 Å². The largest absolute Gasteiger partial charge is 0.481 e. The summed E-state index contributed by atoms with van der Waals surface area (Å²) in [7, 11) is 0. The topological polar surface area (TPSA) is 37.3 Å². The maximum atomic E-state index is 10.6. The fraction of sp³-hybridized carbons (Fsp3) is 0.720. The molecule has 0 bridgehead atoms. The fourth-order valence-corrected chi connectivity index (χ4v) is 3.86. The zero-order valence-corrected chi connectivity index (χ0v) is 17.8. The molecule has 0 aliphatic rings. The molecule has 1 rings (SSSR count). The van der Waals surface area contributed by atoms with Crippen LogP contribution in [-0.4, -0.2) is 11.1 Å². The Morgan fingerprint density at radius 1 is 0.778 bits per heavy atom. The maximum absolute atomic E-state index is 10.6. The summed E-state index contributed by atoms with van der Waals surface area (Å²) < 4.78 is 0. The van der Waals surface area contributed by atoms with E-state index in [0.29, 0.717) is 12.3 Å². The van der Waals surface area contributed by atoms with Crippen molar-refractivity contribution in [3.63, 3.8) is 0 Å². The summed E-state index contributed by atoms with van der Waals surface area (Å²) in [6, 6.07) is 9.15. The average molecular weight is 375 g/mol. The van der Waals surface area contributed by atoms with Crippen LogP contribution in [0.4, 0.5) is 0 Å². The van der Waals surface area contributed by atoms with E-state index in [0.717, 1.165) is 12.8 Å². The molecule has 1 atom stereocenters. The molecule has 0 aliphatic carbocycles. The minimum Gasteiger partial charge on any atom is -0.481 e. The van der Waals surface area contributed by atoms with Crippen molar-refractivity contribution in [3.05, 3.63) is 35.4 Å². The van der Waals surface area contributed by atoms with E-state index in [1.165, 1.54) is 88.2 Å². The molecule has 0 saturated carbocycles. The van der Waals surface area contributed by atoms with E-state index in [-0.39, 0.29) is 0 Å². The number of hydrogen-bond donors (Lipinski definition) is 1. The highest BCUT2D eigenvalue weighted by Gasteiger charge is 2.11. The van der Waals surface area contributed by atoms with Gasteiger partial charge in [-0.2, -0.15) is 0 Å².